The fraction of sp³-hybridized carbons (Fsp3) is 0.0769. The zero-order chi connectivity index (χ0) is 28.4. The highest BCUT2D eigenvalue weighted by atomic mass is 35.5. The Morgan fingerprint density at radius 2 is 1.21 bits per heavy atom. The lowest BCUT2D eigenvalue weighted by molar-refractivity contribution is 0.660. The van der Waals surface area contributed by atoms with Gasteiger partial charge in [-0.2, -0.15) is 0 Å². The third-order valence-corrected chi connectivity index (χ3v) is 9.00. The molecule has 0 aliphatic heterocycles. The van der Waals surface area contributed by atoms with Crippen molar-refractivity contribution in [2.75, 3.05) is 4.90 Å². The summed E-state index contributed by atoms with van der Waals surface area (Å²) in [6, 6.07) is 47.1. The summed E-state index contributed by atoms with van der Waals surface area (Å²) in [6.45, 7) is 4.65. The van der Waals surface area contributed by atoms with Gasteiger partial charge in [-0.3, -0.25) is 0 Å². The highest BCUT2D eigenvalue weighted by Gasteiger charge is 2.35. The first-order chi connectivity index (χ1) is 20.5. The molecule has 0 atom stereocenters. The Morgan fingerprint density at radius 1 is 0.571 bits per heavy atom. The number of para-hydroxylation sites is 2. The minimum atomic E-state index is -0.0998. The highest BCUT2D eigenvalue weighted by molar-refractivity contribution is 6.30. The second kappa shape index (κ2) is 9.37. The quantitative estimate of drug-likeness (QED) is 0.212. The fourth-order valence-electron chi connectivity index (χ4n) is 6.61. The van der Waals surface area contributed by atoms with E-state index in [1.54, 1.807) is 0 Å². The molecule has 2 nitrogen and oxygen atoms in total. The van der Waals surface area contributed by atoms with Gasteiger partial charge in [0.15, 0.2) is 5.58 Å². The Hall–Kier alpha value is -4.79. The smallest absolute Gasteiger partial charge is 0.159 e. The minimum absolute atomic E-state index is 0.0998. The van der Waals surface area contributed by atoms with Gasteiger partial charge < -0.3 is 9.32 Å². The summed E-state index contributed by atoms with van der Waals surface area (Å²) in [4.78, 5) is 2.33. The lowest BCUT2D eigenvalue weighted by Crippen LogP contribution is -2.16. The molecule has 0 amide bonds. The van der Waals surface area contributed by atoms with Gasteiger partial charge in [-0.15, -0.1) is 0 Å². The van der Waals surface area contributed by atoms with E-state index in [-0.39, 0.29) is 5.41 Å². The van der Waals surface area contributed by atoms with E-state index in [0.29, 0.717) is 0 Å². The van der Waals surface area contributed by atoms with Crippen molar-refractivity contribution >= 4 is 50.6 Å². The van der Waals surface area contributed by atoms with Crippen molar-refractivity contribution in [3.63, 3.8) is 0 Å². The Bertz CT molecular complexity index is 2120. The average molecular weight is 562 g/mol. The number of nitrogens with zero attached hydrogens (tertiary/aromatic N) is 1. The molecule has 42 heavy (non-hydrogen) atoms. The molecule has 8 rings (SSSR count). The third-order valence-electron chi connectivity index (χ3n) is 8.75. The molecule has 0 N–H and O–H groups in total. The second-order valence-electron chi connectivity index (χ2n) is 11.5. The lowest BCUT2D eigenvalue weighted by Gasteiger charge is -2.28. The Kier molecular flexibility index (Phi) is 5.57. The van der Waals surface area contributed by atoms with Crippen molar-refractivity contribution in [2.45, 2.75) is 19.3 Å². The maximum Gasteiger partial charge on any atom is 0.159 e. The molecule has 0 fully saturated rings. The van der Waals surface area contributed by atoms with E-state index >= 15 is 0 Å². The van der Waals surface area contributed by atoms with Crippen LogP contribution in [0.1, 0.15) is 25.0 Å². The van der Waals surface area contributed by atoms with E-state index in [0.717, 1.165) is 55.2 Å². The van der Waals surface area contributed by atoms with E-state index in [1.165, 1.54) is 22.3 Å². The van der Waals surface area contributed by atoms with E-state index in [9.17, 15) is 0 Å². The van der Waals surface area contributed by atoms with Crippen molar-refractivity contribution in [1.82, 2.24) is 0 Å². The summed E-state index contributed by atoms with van der Waals surface area (Å²) in [5.74, 6) is 0. The normalized spacial score (nSPS) is 13.3. The number of benzene rings is 6. The number of hydrogen-bond acceptors (Lipinski definition) is 2. The summed E-state index contributed by atoms with van der Waals surface area (Å²) in [5.41, 5.74) is 12.4. The van der Waals surface area contributed by atoms with E-state index in [2.05, 4.69) is 128 Å². The van der Waals surface area contributed by atoms with Crippen LogP contribution in [0.5, 0.6) is 0 Å². The van der Waals surface area contributed by atoms with Crippen molar-refractivity contribution < 1.29 is 4.42 Å². The van der Waals surface area contributed by atoms with Gasteiger partial charge in [0.05, 0.1) is 5.69 Å². The highest BCUT2D eigenvalue weighted by Crippen LogP contribution is 2.51. The predicted octanol–water partition coefficient (Wildman–Crippen LogP) is 11.7. The summed E-state index contributed by atoms with van der Waals surface area (Å²) < 4.78 is 6.54. The van der Waals surface area contributed by atoms with Gasteiger partial charge in [0.2, 0.25) is 0 Å². The molecule has 1 aliphatic rings. The van der Waals surface area contributed by atoms with Crippen molar-refractivity contribution in [3.8, 4) is 22.3 Å². The zero-order valence-electron chi connectivity index (χ0n) is 23.4. The molecule has 0 saturated carbocycles. The van der Waals surface area contributed by atoms with Crippen LogP contribution in [0.2, 0.25) is 5.02 Å². The molecule has 1 aliphatic carbocycles. The molecule has 0 radical (unpaired) electrons. The van der Waals surface area contributed by atoms with Crippen LogP contribution in [-0.4, -0.2) is 0 Å². The maximum absolute atomic E-state index is 6.54. The standard InChI is InChI=1S/C39H28ClNO/c1-39(2)34-11-5-3-8-30(34)31-23-22-29(24-35(31)39)41(28-20-16-26(17-21-28)25-14-18-27(40)19-15-25)36-12-7-10-33-32-9-4-6-13-37(32)42-38(33)36/h3-24H,1-2H3. The summed E-state index contributed by atoms with van der Waals surface area (Å²) in [7, 11) is 0. The maximum atomic E-state index is 6.54. The number of anilines is 3. The molecule has 6 aromatic carbocycles. The van der Waals surface area contributed by atoms with Gasteiger partial charge in [0, 0.05) is 32.6 Å². The first kappa shape index (κ1) is 25.0. The van der Waals surface area contributed by atoms with Gasteiger partial charge in [-0.25, -0.2) is 0 Å². The van der Waals surface area contributed by atoms with Crippen molar-refractivity contribution in [2.24, 2.45) is 0 Å². The van der Waals surface area contributed by atoms with Crippen molar-refractivity contribution in [3.05, 3.63) is 150 Å². The molecular formula is C39H28ClNO. The first-order valence-corrected chi connectivity index (χ1v) is 14.7. The van der Waals surface area contributed by atoms with Gasteiger partial charge in [-0.1, -0.05) is 110 Å². The van der Waals surface area contributed by atoms with Crippen LogP contribution in [0.4, 0.5) is 17.1 Å². The van der Waals surface area contributed by atoms with Crippen LogP contribution in [0.15, 0.2) is 138 Å². The molecule has 202 valence electrons. The topological polar surface area (TPSA) is 16.4 Å². The average Bonchev–Trinajstić information content (AvgIpc) is 3.51. The molecule has 0 unspecified atom stereocenters. The Morgan fingerprint density at radius 3 is 2.02 bits per heavy atom. The van der Waals surface area contributed by atoms with Crippen molar-refractivity contribution in [1.29, 1.82) is 0 Å². The number of halogens is 1. The molecular weight excluding hydrogens is 534 g/mol. The Labute approximate surface area is 250 Å². The monoisotopic (exact) mass is 561 g/mol. The molecule has 0 spiro atoms. The minimum Gasteiger partial charge on any atom is -0.454 e. The SMILES string of the molecule is CC1(C)c2ccccc2-c2ccc(N(c3ccc(-c4ccc(Cl)cc4)cc3)c3cccc4c3oc3ccccc34)cc21. The first-order valence-electron chi connectivity index (χ1n) is 14.3. The van der Waals surface area contributed by atoms with Crippen LogP contribution in [-0.2, 0) is 5.41 Å². The summed E-state index contributed by atoms with van der Waals surface area (Å²) in [5, 5.41) is 2.97. The van der Waals surface area contributed by atoms with Crippen LogP contribution in [0, 0.1) is 0 Å². The lowest BCUT2D eigenvalue weighted by atomic mass is 9.82. The van der Waals surface area contributed by atoms with Crippen LogP contribution in [0.3, 0.4) is 0 Å². The number of furan rings is 1. The van der Waals surface area contributed by atoms with Gasteiger partial charge >= 0.3 is 0 Å². The van der Waals surface area contributed by atoms with E-state index in [4.69, 9.17) is 16.0 Å². The number of fused-ring (bicyclic) bond motifs is 6. The third kappa shape index (κ3) is 3.79. The van der Waals surface area contributed by atoms with Gasteiger partial charge in [0.25, 0.3) is 0 Å². The number of rotatable bonds is 4. The van der Waals surface area contributed by atoms with Crippen LogP contribution in [0.25, 0.3) is 44.2 Å². The fourth-order valence-corrected chi connectivity index (χ4v) is 6.74. The Balaban J connectivity index is 1.33. The van der Waals surface area contributed by atoms with Gasteiger partial charge in [-0.05, 0) is 81.9 Å². The predicted molar refractivity (Wildman–Crippen MR) is 176 cm³/mol. The molecule has 3 heteroatoms. The zero-order valence-corrected chi connectivity index (χ0v) is 24.2. The summed E-state index contributed by atoms with van der Waals surface area (Å²) >= 11 is 6.15. The van der Waals surface area contributed by atoms with Gasteiger partial charge in [0.1, 0.15) is 5.58 Å². The largest absolute Gasteiger partial charge is 0.454 e. The molecule has 0 bridgehead atoms. The molecule has 1 aromatic heterocycles. The molecule has 1 heterocycles. The molecule has 0 saturated heterocycles. The van der Waals surface area contributed by atoms with E-state index in [1.807, 2.05) is 24.3 Å². The second-order valence-corrected chi connectivity index (χ2v) is 12.0. The molecule has 7 aromatic rings. The van der Waals surface area contributed by atoms with Crippen LogP contribution < -0.4 is 4.90 Å². The summed E-state index contributed by atoms with van der Waals surface area (Å²) in [6.07, 6.45) is 0. The van der Waals surface area contributed by atoms with Crippen LogP contribution >= 0.6 is 11.6 Å². The number of hydrogen-bond donors (Lipinski definition) is 0. The van der Waals surface area contributed by atoms with E-state index < -0.39 is 0 Å².